The highest BCUT2D eigenvalue weighted by Crippen LogP contribution is 2.13. The van der Waals surface area contributed by atoms with Crippen molar-refractivity contribution in [2.24, 2.45) is 0 Å². The second-order valence-corrected chi connectivity index (χ2v) is 5.08. The van der Waals surface area contributed by atoms with E-state index in [0.29, 0.717) is 6.04 Å². The number of alkyl halides is 3. The summed E-state index contributed by atoms with van der Waals surface area (Å²) in [5, 5.41) is 24.5. The summed E-state index contributed by atoms with van der Waals surface area (Å²) >= 11 is 0. The van der Waals surface area contributed by atoms with E-state index in [4.69, 9.17) is 15.0 Å². The predicted molar refractivity (Wildman–Crippen MR) is 76.2 cm³/mol. The molecule has 0 spiro atoms. The lowest BCUT2D eigenvalue weighted by molar-refractivity contribution is -0.192. The summed E-state index contributed by atoms with van der Waals surface area (Å²) < 4.78 is 31.7. The molecule has 1 atom stereocenters. The van der Waals surface area contributed by atoms with Crippen molar-refractivity contribution >= 4 is 23.7 Å². The Morgan fingerprint density at radius 2 is 1.96 bits per heavy atom. The number of carboxylic acids is 2. The number of aliphatic carboxylic acids is 1. The molecule has 24 heavy (non-hydrogen) atoms. The van der Waals surface area contributed by atoms with Gasteiger partial charge in [0.05, 0.1) is 29.3 Å². The Balaban J connectivity index is 0.000000256. The maximum atomic E-state index is 10.9. The van der Waals surface area contributed by atoms with Gasteiger partial charge >= 0.3 is 18.1 Å². The number of carbonyl (C=O) groups is 2. The van der Waals surface area contributed by atoms with E-state index in [-0.39, 0.29) is 5.56 Å². The van der Waals surface area contributed by atoms with Crippen LogP contribution < -0.4 is 21.2 Å². The third-order valence-electron chi connectivity index (χ3n) is 3.46. The van der Waals surface area contributed by atoms with Crippen LogP contribution in [0.1, 0.15) is 23.2 Å². The number of pyridine rings is 1. The number of fused-ring (bicyclic) bond motifs is 2. The molecule has 0 aromatic carbocycles. The second-order valence-electron chi connectivity index (χ2n) is 5.08. The van der Waals surface area contributed by atoms with Crippen LogP contribution in [0.5, 0.6) is 0 Å². The van der Waals surface area contributed by atoms with E-state index < -0.39 is 18.1 Å². The van der Waals surface area contributed by atoms with Gasteiger partial charge in [0.15, 0.2) is 0 Å². The van der Waals surface area contributed by atoms with Crippen molar-refractivity contribution < 1.29 is 33.0 Å². The molecule has 0 saturated carbocycles. The van der Waals surface area contributed by atoms with Crippen LogP contribution in [0.15, 0.2) is 12.3 Å². The van der Waals surface area contributed by atoms with Crippen molar-refractivity contribution in [3.05, 3.63) is 28.4 Å². The third kappa shape index (κ3) is 4.02. The first kappa shape index (κ1) is 17.7. The van der Waals surface area contributed by atoms with Gasteiger partial charge in [0.1, 0.15) is 0 Å². The zero-order valence-electron chi connectivity index (χ0n) is 12.2. The molecule has 4 N–H and O–H groups in total. The molecule has 1 saturated heterocycles. The number of nitrogens with zero attached hydrogens (tertiary/aromatic N) is 1. The van der Waals surface area contributed by atoms with Gasteiger partial charge in [-0.2, -0.15) is 13.2 Å². The molecule has 2 heterocycles. The lowest BCUT2D eigenvalue weighted by Gasteiger charge is -2.07. The molecule has 2 aliphatic rings. The summed E-state index contributed by atoms with van der Waals surface area (Å²) in [6.45, 7) is 0.752. The first-order chi connectivity index (χ1) is 11.2. The van der Waals surface area contributed by atoms with Crippen molar-refractivity contribution in [2.75, 3.05) is 6.67 Å². The lowest BCUT2D eigenvalue weighted by atomic mass is 10.1. The fraction of sp³-hybridized carbons (Fsp3) is 0.357. The number of nitrogens with one attached hydrogen (secondary N) is 2. The average Bonchev–Trinajstić information content (AvgIpc) is 2.88. The standard InChI is InChI=1S/C12H13N3O2.C2HF3O2/c16-12(17)8-4-7-2-1-3-9-11(15-6-14-9)10(7)13-5-8;3-2(4,5)1(6)7/h2,4-5,9,14-15H,1,3,6H2,(H,16,17);(H,6,7). The molecular formula is C14H14F3N3O4. The van der Waals surface area contributed by atoms with Crippen LogP contribution in [0, 0.1) is 0 Å². The molecule has 0 bridgehead atoms. The highest BCUT2D eigenvalue weighted by molar-refractivity contribution is 5.87. The fourth-order valence-corrected chi connectivity index (χ4v) is 2.37. The third-order valence-corrected chi connectivity index (χ3v) is 3.46. The summed E-state index contributed by atoms with van der Waals surface area (Å²) in [6.07, 6.45) is 0.343. The Labute approximate surface area is 133 Å². The molecule has 0 radical (unpaired) electrons. The van der Waals surface area contributed by atoms with Gasteiger partial charge in [0, 0.05) is 6.20 Å². The Morgan fingerprint density at radius 1 is 1.29 bits per heavy atom. The number of aromatic carboxylic acids is 1. The minimum Gasteiger partial charge on any atom is -0.478 e. The van der Waals surface area contributed by atoms with Gasteiger partial charge in [0.25, 0.3) is 0 Å². The fourth-order valence-electron chi connectivity index (χ4n) is 2.37. The van der Waals surface area contributed by atoms with Gasteiger partial charge in [-0.15, -0.1) is 0 Å². The number of carboxylic acid groups (broad SMARTS) is 2. The number of hydrogen-bond donors (Lipinski definition) is 4. The first-order valence-electron chi connectivity index (χ1n) is 6.91. The molecule has 3 rings (SSSR count). The summed E-state index contributed by atoms with van der Waals surface area (Å²) in [7, 11) is 0. The molecular weight excluding hydrogens is 331 g/mol. The van der Waals surface area contributed by atoms with Crippen LogP contribution in [0.4, 0.5) is 13.2 Å². The number of rotatable bonds is 1. The minimum absolute atomic E-state index is 0.241. The summed E-state index contributed by atoms with van der Waals surface area (Å²) in [4.78, 5) is 24.1. The highest BCUT2D eigenvalue weighted by Gasteiger charge is 2.38. The van der Waals surface area contributed by atoms with Crippen LogP contribution in [-0.4, -0.2) is 46.0 Å². The van der Waals surface area contributed by atoms with Gasteiger partial charge in [-0.3, -0.25) is 10.3 Å². The number of halogens is 3. The Hall–Kier alpha value is -2.62. The maximum Gasteiger partial charge on any atom is 0.490 e. The van der Waals surface area contributed by atoms with E-state index >= 15 is 0 Å². The van der Waals surface area contributed by atoms with Crippen molar-refractivity contribution in [1.82, 2.24) is 15.6 Å². The predicted octanol–water partition coefficient (Wildman–Crippen LogP) is -0.385. The zero-order chi connectivity index (χ0) is 17.9. The van der Waals surface area contributed by atoms with Gasteiger partial charge in [0.2, 0.25) is 0 Å². The molecule has 1 aromatic rings. The lowest BCUT2D eigenvalue weighted by Crippen LogP contribution is -2.35. The smallest absolute Gasteiger partial charge is 0.478 e. The summed E-state index contributed by atoms with van der Waals surface area (Å²) in [5.41, 5.74) is 1.33. The molecule has 1 fully saturated rings. The van der Waals surface area contributed by atoms with Crippen molar-refractivity contribution in [1.29, 1.82) is 0 Å². The SMILES string of the molecule is O=C(O)C(F)(F)F.O=C(O)c1cnc2c(c1)=CCCC1NCNC=21. The Bertz CT molecular complexity index is 776. The van der Waals surface area contributed by atoms with Crippen LogP contribution in [-0.2, 0) is 4.79 Å². The largest absolute Gasteiger partial charge is 0.490 e. The van der Waals surface area contributed by atoms with E-state index in [0.717, 1.165) is 35.8 Å². The monoisotopic (exact) mass is 345 g/mol. The van der Waals surface area contributed by atoms with E-state index in [1.165, 1.54) is 6.20 Å². The normalized spacial score (nSPS) is 18.8. The van der Waals surface area contributed by atoms with E-state index in [2.05, 4.69) is 21.7 Å². The molecule has 1 aliphatic carbocycles. The van der Waals surface area contributed by atoms with E-state index in [9.17, 15) is 18.0 Å². The zero-order valence-corrected chi connectivity index (χ0v) is 12.2. The first-order valence-corrected chi connectivity index (χ1v) is 6.91. The highest BCUT2D eigenvalue weighted by atomic mass is 19.4. The molecule has 1 aromatic heterocycles. The maximum absolute atomic E-state index is 10.9. The molecule has 0 amide bonds. The van der Waals surface area contributed by atoms with Crippen LogP contribution in [0.2, 0.25) is 0 Å². The minimum atomic E-state index is -5.08. The number of hydrogen-bond acceptors (Lipinski definition) is 5. The van der Waals surface area contributed by atoms with E-state index in [1.807, 2.05) is 0 Å². The van der Waals surface area contributed by atoms with Gasteiger partial charge in [-0.05, 0) is 24.1 Å². The molecule has 7 nitrogen and oxygen atoms in total. The van der Waals surface area contributed by atoms with Gasteiger partial charge in [-0.25, -0.2) is 9.59 Å². The average molecular weight is 345 g/mol. The molecule has 1 unspecified atom stereocenters. The Morgan fingerprint density at radius 3 is 2.54 bits per heavy atom. The molecule has 1 aliphatic heterocycles. The quantitative estimate of drug-likeness (QED) is 0.549. The van der Waals surface area contributed by atoms with Crippen LogP contribution >= 0.6 is 0 Å². The van der Waals surface area contributed by atoms with Crippen LogP contribution in [0.3, 0.4) is 0 Å². The van der Waals surface area contributed by atoms with Crippen LogP contribution in [0.25, 0.3) is 11.8 Å². The number of aromatic nitrogens is 1. The Kier molecular flexibility index (Phi) is 5.07. The van der Waals surface area contributed by atoms with Crippen molar-refractivity contribution in [3.63, 3.8) is 0 Å². The summed E-state index contributed by atoms with van der Waals surface area (Å²) in [5.74, 6) is -3.69. The molecule has 130 valence electrons. The second kappa shape index (κ2) is 6.87. The van der Waals surface area contributed by atoms with Gasteiger partial charge in [-0.1, -0.05) is 6.08 Å². The summed E-state index contributed by atoms with van der Waals surface area (Å²) in [6, 6.07) is 2.01. The van der Waals surface area contributed by atoms with E-state index in [1.54, 1.807) is 6.07 Å². The van der Waals surface area contributed by atoms with Crippen molar-refractivity contribution in [2.45, 2.75) is 25.1 Å². The van der Waals surface area contributed by atoms with Crippen molar-refractivity contribution in [3.8, 4) is 0 Å². The van der Waals surface area contributed by atoms with Gasteiger partial charge < -0.3 is 15.5 Å². The molecule has 10 heteroatoms. The topological polar surface area (TPSA) is 112 Å².